The number of carboxylic acid groups (broad SMARTS) is 1. The smallest absolute Gasteiger partial charge is 0.326 e. The second-order valence-corrected chi connectivity index (χ2v) is 22.3. The van der Waals surface area contributed by atoms with Crippen LogP contribution >= 0.6 is 0 Å². The summed E-state index contributed by atoms with van der Waals surface area (Å²) in [5.74, 6) is -10.2. The highest BCUT2D eigenvalue weighted by Gasteiger charge is 2.40. The lowest BCUT2D eigenvalue weighted by molar-refractivity contribution is -0.142. The third kappa shape index (κ3) is 34.2. The number of aliphatic carboxylic acids is 1. The highest BCUT2D eigenvalue weighted by molar-refractivity contribution is 5.98. The first-order valence-corrected chi connectivity index (χ1v) is 31.0. The van der Waals surface area contributed by atoms with Crippen LogP contribution in [-0.2, 0) is 47.9 Å². The summed E-state index contributed by atoms with van der Waals surface area (Å²) in [7, 11) is 0. The topological polar surface area (TPSA) is 711 Å². The van der Waals surface area contributed by atoms with Crippen LogP contribution in [0.2, 0.25) is 0 Å². The molecule has 0 unspecified atom stereocenters. The summed E-state index contributed by atoms with van der Waals surface area (Å²) in [6.07, 6.45) is 0.847. The Morgan fingerprint density at radius 1 is 0.419 bits per heavy atom. The van der Waals surface area contributed by atoms with Gasteiger partial charge in [0.25, 0.3) is 0 Å². The Balaban J connectivity index is 3.72. The number of rotatable bonds is 47. The average molecular weight is 1320 g/mol. The predicted octanol–water partition coefficient (Wildman–Crippen LogP) is -9.81. The molecule has 0 aromatic rings. The van der Waals surface area contributed by atoms with Gasteiger partial charge in [-0.3, -0.25) is 68.1 Å². The van der Waals surface area contributed by atoms with Gasteiger partial charge in [-0.15, -0.1) is 0 Å². The van der Waals surface area contributed by atoms with Gasteiger partial charge in [-0.2, -0.15) is 0 Å². The molecule has 11 atom stereocenters. The van der Waals surface area contributed by atoms with E-state index >= 15 is 0 Å². The Bertz CT molecular complexity index is 2550. The van der Waals surface area contributed by atoms with Crippen LogP contribution in [0.4, 0.5) is 0 Å². The zero-order valence-corrected chi connectivity index (χ0v) is 53.4. The molecule has 0 radical (unpaired) electrons. The molecule has 9 amide bonds. The molecule has 528 valence electrons. The van der Waals surface area contributed by atoms with E-state index in [0.29, 0.717) is 32.1 Å². The molecule has 0 aromatic heterocycles. The molecule has 1 rings (SSSR count). The quantitative estimate of drug-likeness (QED) is 0.0153. The van der Waals surface area contributed by atoms with Crippen molar-refractivity contribution in [2.75, 3.05) is 52.4 Å². The molecule has 0 bridgehead atoms. The van der Waals surface area contributed by atoms with Gasteiger partial charge in [0, 0.05) is 39.3 Å². The summed E-state index contributed by atoms with van der Waals surface area (Å²) in [5.41, 5.74) is 72.6. The van der Waals surface area contributed by atoms with Gasteiger partial charge in [-0.1, -0.05) is 0 Å². The van der Waals surface area contributed by atoms with Crippen LogP contribution in [0.5, 0.6) is 0 Å². The number of carboxylic acids is 1. The molecule has 0 aliphatic carbocycles. The maximum Gasteiger partial charge on any atom is 0.326 e. The van der Waals surface area contributed by atoms with Crippen LogP contribution in [0.3, 0.4) is 0 Å². The van der Waals surface area contributed by atoms with E-state index in [1.807, 2.05) is 0 Å². The van der Waals surface area contributed by atoms with E-state index in [1.54, 1.807) is 0 Å². The second-order valence-electron chi connectivity index (χ2n) is 22.3. The lowest BCUT2D eigenvalue weighted by atomic mass is 10.0. The molecule has 1 saturated heterocycles. The van der Waals surface area contributed by atoms with Gasteiger partial charge in [0.2, 0.25) is 53.2 Å². The van der Waals surface area contributed by atoms with Gasteiger partial charge in [-0.05, 0) is 143 Å². The highest BCUT2D eigenvalue weighted by atomic mass is 16.4. The van der Waals surface area contributed by atoms with Crippen molar-refractivity contribution in [2.45, 2.75) is 196 Å². The van der Waals surface area contributed by atoms with Crippen molar-refractivity contribution in [3.05, 3.63) is 0 Å². The molecule has 0 aromatic carbocycles. The molecule has 36 N–H and O–H groups in total. The lowest BCUT2D eigenvalue weighted by Gasteiger charge is -2.29. The number of carbonyl (C=O) groups is 10. The van der Waals surface area contributed by atoms with Crippen molar-refractivity contribution in [2.24, 2.45) is 99.5 Å². The van der Waals surface area contributed by atoms with Crippen molar-refractivity contribution in [3.8, 4) is 0 Å². The minimum absolute atomic E-state index is 0.0202. The number of hydrogen-bond donors (Lipinski definition) is 23. The monoisotopic (exact) mass is 1320 g/mol. The van der Waals surface area contributed by atoms with Crippen LogP contribution in [-0.4, -0.2) is 223 Å². The van der Waals surface area contributed by atoms with Crippen LogP contribution in [0, 0.1) is 0 Å². The third-order valence-electron chi connectivity index (χ3n) is 14.4. The van der Waals surface area contributed by atoms with Crippen LogP contribution in [0.15, 0.2) is 25.0 Å². The van der Waals surface area contributed by atoms with E-state index < -0.39 is 126 Å². The van der Waals surface area contributed by atoms with E-state index in [1.165, 1.54) is 18.7 Å². The molecule has 1 aliphatic rings. The molecule has 0 spiro atoms. The first-order valence-electron chi connectivity index (χ1n) is 31.0. The van der Waals surface area contributed by atoms with Gasteiger partial charge < -0.3 is 132 Å². The average Bonchev–Trinajstić information content (AvgIpc) is 1.78. The number of aliphatic hydroxyl groups excluding tert-OH is 1. The number of likely N-dealkylation sites (tertiary alicyclic amines) is 1. The standard InChI is InChI=1S/C54H105N27O12/c1-29(73-41(84)33(15-7-23-68-50(58)59)79-47(90)38-20-12-28-81(38)48(91)39(57)30(2)82)40(83)74-34(16-8-24-69-51(60)61)43(86)77-36(18-10-26-71-53(64)65)45(88)78-35(17-9-25-70-52(62)63)44(87)75-31(13-3-5-21-55)42(85)76-32(14-4-6-22-56)46(89)80-37(49(92)93)19-11-27-72-54(66)67/h29-39,82H,3-28,55-57H2,1-2H3,(H,73,84)(H,74,83)(H,75,87)(H,76,85)(H,77,86)(H,78,88)(H,79,90)(H,80,89)(H,92,93)(H4,58,59,68)(H4,60,61,69)(H4,62,63,70)(H4,64,65,71)(H4,66,67,72)/t29-,30+,31-,32-,33-,34-,35-,36-,37-,38-,39-/m0/s1. The van der Waals surface area contributed by atoms with E-state index in [4.69, 9.17) is 74.5 Å². The van der Waals surface area contributed by atoms with Crippen molar-refractivity contribution < 1.29 is 58.2 Å². The number of nitrogens with two attached hydrogens (primary N) is 13. The largest absolute Gasteiger partial charge is 0.480 e. The Labute approximate surface area is 540 Å². The van der Waals surface area contributed by atoms with Crippen molar-refractivity contribution in [3.63, 3.8) is 0 Å². The fourth-order valence-electron chi connectivity index (χ4n) is 9.38. The van der Waals surface area contributed by atoms with Crippen molar-refractivity contribution >= 4 is 88.9 Å². The zero-order chi connectivity index (χ0) is 70.2. The van der Waals surface area contributed by atoms with Gasteiger partial charge in [0.05, 0.1) is 6.10 Å². The van der Waals surface area contributed by atoms with Crippen LogP contribution < -0.4 is 117 Å². The minimum Gasteiger partial charge on any atom is -0.480 e. The Hall–Kier alpha value is -9.11. The fraction of sp³-hybridized carbons (Fsp3) is 0.722. The van der Waals surface area contributed by atoms with E-state index in [-0.39, 0.29) is 166 Å². The Morgan fingerprint density at radius 3 is 1.00 bits per heavy atom. The number of amides is 9. The summed E-state index contributed by atoms with van der Waals surface area (Å²) in [6, 6.07) is -13.6. The Kier molecular flexibility index (Phi) is 39.8. The number of guanidine groups is 5. The second kappa shape index (κ2) is 45.2. The number of hydrogen-bond acceptors (Lipinski definition) is 19. The lowest BCUT2D eigenvalue weighted by Crippen LogP contribution is -2.60. The van der Waals surface area contributed by atoms with E-state index in [2.05, 4.69) is 67.5 Å². The first-order chi connectivity index (χ1) is 43.9. The molecule has 93 heavy (non-hydrogen) atoms. The maximum absolute atomic E-state index is 14.6. The molecule has 1 heterocycles. The zero-order valence-electron chi connectivity index (χ0n) is 53.4. The maximum atomic E-state index is 14.6. The van der Waals surface area contributed by atoms with Crippen LogP contribution in [0.1, 0.15) is 129 Å². The van der Waals surface area contributed by atoms with Gasteiger partial charge in [0.15, 0.2) is 29.8 Å². The van der Waals surface area contributed by atoms with Gasteiger partial charge >= 0.3 is 5.97 Å². The number of unbranched alkanes of at least 4 members (excludes halogenated alkanes) is 2. The summed E-state index contributed by atoms with van der Waals surface area (Å²) < 4.78 is 0. The van der Waals surface area contributed by atoms with Crippen LogP contribution in [0.25, 0.3) is 0 Å². The summed E-state index contributed by atoms with van der Waals surface area (Å²) in [6.45, 7) is 3.30. The van der Waals surface area contributed by atoms with Crippen molar-refractivity contribution in [1.29, 1.82) is 0 Å². The number of carbonyl (C=O) groups excluding carboxylic acids is 9. The Morgan fingerprint density at radius 2 is 0.699 bits per heavy atom. The first kappa shape index (κ1) is 81.9. The van der Waals surface area contributed by atoms with Gasteiger partial charge in [0.1, 0.15) is 60.4 Å². The van der Waals surface area contributed by atoms with Crippen molar-refractivity contribution in [1.82, 2.24) is 47.4 Å². The number of aliphatic imine (C=N–C) groups is 5. The minimum atomic E-state index is -1.50. The molecular weight excluding hydrogens is 1220 g/mol. The van der Waals surface area contributed by atoms with E-state index in [9.17, 15) is 58.2 Å². The molecule has 39 heteroatoms. The molecule has 1 fully saturated rings. The highest BCUT2D eigenvalue weighted by Crippen LogP contribution is 2.20. The summed E-state index contributed by atoms with van der Waals surface area (Å²) >= 11 is 0. The third-order valence-corrected chi connectivity index (χ3v) is 14.4. The summed E-state index contributed by atoms with van der Waals surface area (Å²) in [4.78, 5) is 160. The summed E-state index contributed by atoms with van der Waals surface area (Å²) in [5, 5.41) is 40.8. The number of aliphatic hydroxyl groups is 1. The number of nitrogens with one attached hydrogen (secondary N) is 8. The molecule has 1 aliphatic heterocycles. The molecule has 39 nitrogen and oxygen atoms in total. The normalized spacial score (nSPS) is 15.8. The number of nitrogens with zero attached hydrogens (tertiary/aromatic N) is 6. The van der Waals surface area contributed by atoms with E-state index in [0.717, 1.165) is 0 Å². The SMILES string of the molecule is C[C@H](NC(=O)[C@H](CCCN=C(N)N)NC(=O)[C@@H]1CCCN1C(=O)[C@@H](N)[C@@H](C)O)C(=O)N[C@@H](CCCN=C(N)N)C(=O)N[C@@H](CCCN=C(N)N)C(=O)N[C@@H](CCCN=C(N)N)C(=O)N[C@@H](CCCCN)C(=O)N[C@@H](CCCCN)C(=O)N[C@@H](CCCN=C(N)N)C(=O)O. The fourth-order valence-corrected chi connectivity index (χ4v) is 9.38. The molecule has 0 saturated carbocycles. The van der Waals surface area contributed by atoms with Gasteiger partial charge in [-0.25, -0.2) is 4.79 Å². The predicted molar refractivity (Wildman–Crippen MR) is 349 cm³/mol. The molecular formula is C54H105N27O12.